The lowest BCUT2D eigenvalue weighted by atomic mass is 10.2. The lowest BCUT2D eigenvalue weighted by Crippen LogP contribution is -2.09. The summed E-state index contributed by atoms with van der Waals surface area (Å²) in [4.78, 5) is 3.91. The molecule has 1 aromatic carbocycles. The van der Waals surface area contributed by atoms with E-state index in [4.69, 9.17) is 11.6 Å². The van der Waals surface area contributed by atoms with Crippen LogP contribution in [0.1, 0.15) is 5.56 Å². The van der Waals surface area contributed by atoms with Crippen molar-refractivity contribution >= 4 is 11.6 Å². The number of nitrogens with one attached hydrogen (secondary N) is 1. The Morgan fingerprint density at radius 3 is 3.00 bits per heavy atom. The molecule has 0 fully saturated rings. The molecule has 0 radical (unpaired) electrons. The molecule has 1 N–H and O–H groups in total. The Bertz CT molecular complexity index is 439. The van der Waals surface area contributed by atoms with Gasteiger partial charge in [-0.05, 0) is 18.7 Å². The van der Waals surface area contributed by atoms with Gasteiger partial charge in [-0.2, -0.15) is 5.10 Å². The molecule has 0 saturated carbocycles. The van der Waals surface area contributed by atoms with Crippen LogP contribution >= 0.6 is 11.6 Å². The summed E-state index contributed by atoms with van der Waals surface area (Å²) in [6.45, 7) is 0.746. The number of halogens is 1. The molecule has 0 spiro atoms. The van der Waals surface area contributed by atoms with Gasteiger partial charge in [-0.25, -0.2) is 9.67 Å². The molecule has 0 saturated heterocycles. The summed E-state index contributed by atoms with van der Waals surface area (Å²) in [7, 11) is 1.89. The maximum absolute atomic E-state index is 6.14. The minimum Gasteiger partial charge on any atom is -0.316 e. The number of hydrogen-bond acceptors (Lipinski definition) is 3. The minimum absolute atomic E-state index is 0.674. The lowest BCUT2D eigenvalue weighted by molar-refractivity contribution is 0.788. The van der Waals surface area contributed by atoms with E-state index in [1.165, 1.54) is 6.33 Å². The number of para-hydroxylation sites is 1. The zero-order valence-electron chi connectivity index (χ0n) is 8.31. The van der Waals surface area contributed by atoms with E-state index in [2.05, 4.69) is 15.4 Å². The van der Waals surface area contributed by atoms with Crippen molar-refractivity contribution in [2.24, 2.45) is 0 Å². The predicted molar refractivity (Wildman–Crippen MR) is 59.1 cm³/mol. The minimum atomic E-state index is 0.674. The maximum Gasteiger partial charge on any atom is 0.138 e. The van der Waals surface area contributed by atoms with Crippen molar-refractivity contribution < 1.29 is 0 Å². The Labute approximate surface area is 92.9 Å². The number of benzene rings is 1. The van der Waals surface area contributed by atoms with Crippen molar-refractivity contribution in [3.05, 3.63) is 41.4 Å². The van der Waals surface area contributed by atoms with Crippen LogP contribution in [0.5, 0.6) is 0 Å². The summed E-state index contributed by atoms with van der Waals surface area (Å²) in [6.07, 6.45) is 3.13. The second-order valence-electron chi connectivity index (χ2n) is 3.12. The van der Waals surface area contributed by atoms with Crippen LogP contribution in [0.2, 0.25) is 5.02 Å². The first-order valence-electron chi connectivity index (χ1n) is 4.60. The van der Waals surface area contributed by atoms with E-state index in [-0.39, 0.29) is 0 Å². The third-order valence-electron chi connectivity index (χ3n) is 2.09. The van der Waals surface area contributed by atoms with E-state index in [1.807, 2.05) is 25.2 Å². The van der Waals surface area contributed by atoms with Gasteiger partial charge >= 0.3 is 0 Å². The first-order valence-corrected chi connectivity index (χ1v) is 4.97. The summed E-state index contributed by atoms with van der Waals surface area (Å²) >= 11 is 6.14. The van der Waals surface area contributed by atoms with E-state index in [0.717, 1.165) is 17.8 Å². The van der Waals surface area contributed by atoms with Gasteiger partial charge in [0, 0.05) is 6.54 Å². The number of rotatable bonds is 3. The molecule has 2 aromatic rings. The molecule has 0 aliphatic carbocycles. The second-order valence-corrected chi connectivity index (χ2v) is 3.53. The van der Waals surface area contributed by atoms with Crippen LogP contribution < -0.4 is 5.32 Å². The Kier molecular flexibility index (Phi) is 2.99. The molecular weight excluding hydrogens is 212 g/mol. The molecule has 0 bridgehead atoms. The standard InChI is InChI=1S/C10H11ClN4/c1-12-5-8-3-2-4-9(11)10(8)15-7-13-6-14-15/h2-4,6-7,12H,5H2,1H3. The largest absolute Gasteiger partial charge is 0.316 e. The van der Waals surface area contributed by atoms with E-state index in [1.54, 1.807) is 11.0 Å². The second kappa shape index (κ2) is 4.42. The van der Waals surface area contributed by atoms with Gasteiger partial charge in [0.2, 0.25) is 0 Å². The van der Waals surface area contributed by atoms with Crippen LogP contribution in [0, 0.1) is 0 Å². The molecule has 0 amide bonds. The molecule has 15 heavy (non-hydrogen) atoms. The number of nitrogens with zero attached hydrogens (tertiary/aromatic N) is 3. The SMILES string of the molecule is CNCc1cccc(Cl)c1-n1cncn1. The van der Waals surface area contributed by atoms with E-state index in [9.17, 15) is 0 Å². The van der Waals surface area contributed by atoms with Gasteiger partial charge in [0.1, 0.15) is 12.7 Å². The molecule has 4 nitrogen and oxygen atoms in total. The molecule has 0 aliphatic heterocycles. The van der Waals surface area contributed by atoms with Crippen LogP contribution in [0.3, 0.4) is 0 Å². The third kappa shape index (κ3) is 2.00. The van der Waals surface area contributed by atoms with Gasteiger partial charge in [-0.1, -0.05) is 23.7 Å². The predicted octanol–water partition coefficient (Wildman–Crippen LogP) is 1.64. The van der Waals surface area contributed by atoms with Gasteiger partial charge < -0.3 is 5.32 Å². The maximum atomic E-state index is 6.14. The van der Waals surface area contributed by atoms with Gasteiger partial charge in [-0.3, -0.25) is 0 Å². The molecule has 0 atom stereocenters. The van der Waals surface area contributed by atoms with Crippen molar-refractivity contribution in [2.75, 3.05) is 7.05 Å². The average molecular weight is 223 g/mol. The average Bonchev–Trinajstić information content (AvgIpc) is 2.71. The molecule has 0 aliphatic rings. The van der Waals surface area contributed by atoms with Crippen LogP contribution in [0.15, 0.2) is 30.9 Å². The third-order valence-corrected chi connectivity index (χ3v) is 2.39. The van der Waals surface area contributed by atoms with Crippen molar-refractivity contribution in [1.82, 2.24) is 20.1 Å². The summed E-state index contributed by atoms with van der Waals surface area (Å²) < 4.78 is 1.68. The molecule has 1 heterocycles. The fourth-order valence-corrected chi connectivity index (χ4v) is 1.75. The highest BCUT2D eigenvalue weighted by Gasteiger charge is 2.08. The zero-order chi connectivity index (χ0) is 10.7. The summed E-state index contributed by atoms with van der Waals surface area (Å²) in [5.74, 6) is 0. The van der Waals surface area contributed by atoms with Gasteiger partial charge in [0.25, 0.3) is 0 Å². The van der Waals surface area contributed by atoms with Crippen molar-refractivity contribution in [3.8, 4) is 5.69 Å². The normalized spacial score (nSPS) is 10.5. The zero-order valence-corrected chi connectivity index (χ0v) is 9.07. The first kappa shape index (κ1) is 10.1. The number of hydrogen-bond donors (Lipinski definition) is 1. The van der Waals surface area contributed by atoms with Crippen LogP contribution in [0.25, 0.3) is 5.69 Å². The fourth-order valence-electron chi connectivity index (χ4n) is 1.47. The molecule has 2 rings (SSSR count). The lowest BCUT2D eigenvalue weighted by Gasteiger charge is -2.10. The van der Waals surface area contributed by atoms with Gasteiger partial charge in [0.05, 0.1) is 10.7 Å². The molecule has 1 aromatic heterocycles. The topological polar surface area (TPSA) is 42.7 Å². The van der Waals surface area contributed by atoms with Crippen LogP contribution in [-0.4, -0.2) is 21.8 Å². The van der Waals surface area contributed by atoms with E-state index in [0.29, 0.717) is 5.02 Å². The first-order chi connectivity index (χ1) is 7.33. The quantitative estimate of drug-likeness (QED) is 0.859. The van der Waals surface area contributed by atoms with Gasteiger partial charge in [-0.15, -0.1) is 0 Å². The van der Waals surface area contributed by atoms with E-state index < -0.39 is 0 Å². The van der Waals surface area contributed by atoms with Crippen molar-refractivity contribution in [1.29, 1.82) is 0 Å². The molecule has 78 valence electrons. The van der Waals surface area contributed by atoms with Crippen molar-refractivity contribution in [3.63, 3.8) is 0 Å². The number of aromatic nitrogens is 3. The highest BCUT2D eigenvalue weighted by molar-refractivity contribution is 6.32. The fraction of sp³-hybridized carbons (Fsp3) is 0.200. The summed E-state index contributed by atoms with van der Waals surface area (Å²) in [5, 5.41) is 7.85. The Morgan fingerprint density at radius 1 is 1.47 bits per heavy atom. The molecule has 0 unspecified atom stereocenters. The van der Waals surface area contributed by atoms with E-state index >= 15 is 0 Å². The molecular formula is C10H11ClN4. The highest BCUT2D eigenvalue weighted by Crippen LogP contribution is 2.23. The monoisotopic (exact) mass is 222 g/mol. The summed E-state index contributed by atoms with van der Waals surface area (Å²) in [5.41, 5.74) is 1.97. The Balaban J connectivity index is 2.52. The highest BCUT2D eigenvalue weighted by atomic mass is 35.5. The smallest absolute Gasteiger partial charge is 0.138 e. The Hall–Kier alpha value is -1.39. The van der Waals surface area contributed by atoms with Crippen LogP contribution in [-0.2, 0) is 6.54 Å². The molecule has 5 heteroatoms. The Morgan fingerprint density at radius 2 is 2.33 bits per heavy atom. The van der Waals surface area contributed by atoms with Crippen molar-refractivity contribution in [2.45, 2.75) is 6.54 Å². The van der Waals surface area contributed by atoms with Crippen LogP contribution in [0.4, 0.5) is 0 Å². The van der Waals surface area contributed by atoms with Gasteiger partial charge in [0.15, 0.2) is 0 Å². The summed E-state index contributed by atoms with van der Waals surface area (Å²) in [6, 6.07) is 5.78.